The molecular weight excluding hydrogens is 267 g/mol. The van der Waals surface area contributed by atoms with Crippen LogP contribution >= 0.6 is 11.6 Å². The Morgan fingerprint density at radius 3 is 2.53 bits per heavy atom. The zero-order valence-electron chi connectivity index (χ0n) is 10.3. The lowest BCUT2D eigenvalue weighted by Gasteiger charge is -2.08. The van der Waals surface area contributed by atoms with Gasteiger partial charge < -0.3 is 9.84 Å². The van der Waals surface area contributed by atoms with Gasteiger partial charge in [0.05, 0.1) is 5.02 Å². The standard InChI is InChI=1S/C15H14ClFO2/c16-14-3-1-2-12(15(14)17)10-19-13-6-4-11(5-7-13)8-9-18/h1-7,18H,8-10H2. The van der Waals surface area contributed by atoms with Gasteiger partial charge in [0.25, 0.3) is 0 Å². The summed E-state index contributed by atoms with van der Waals surface area (Å²) in [6.07, 6.45) is 0.614. The molecule has 2 rings (SSSR count). The predicted octanol–water partition coefficient (Wildman–Crippen LogP) is 3.59. The third-order valence-corrected chi connectivity index (χ3v) is 3.04. The van der Waals surface area contributed by atoms with E-state index >= 15 is 0 Å². The molecule has 0 unspecified atom stereocenters. The smallest absolute Gasteiger partial charge is 0.148 e. The molecule has 19 heavy (non-hydrogen) atoms. The predicted molar refractivity (Wildman–Crippen MR) is 73.0 cm³/mol. The highest BCUT2D eigenvalue weighted by molar-refractivity contribution is 6.30. The lowest BCUT2D eigenvalue weighted by molar-refractivity contribution is 0.296. The van der Waals surface area contributed by atoms with Crippen molar-refractivity contribution in [3.63, 3.8) is 0 Å². The first-order chi connectivity index (χ1) is 9.20. The average molecular weight is 281 g/mol. The molecule has 0 bridgehead atoms. The van der Waals surface area contributed by atoms with Crippen LogP contribution in [0.5, 0.6) is 5.75 Å². The first-order valence-corrected chi connectivity index (χ1v) is 6.34. The Kier molecular flexibility index (Phi) is 4.77. The average Bonchev–Trinajstić information content (AvgIpc) is 2.42. The van der Waals surface area contributed by atoms with E-state index in [0.717, 1.165) is 5.56 Å². The summed E-state index contributed by atoms with van der Waals surface area (Å²) in [5, 5.41) is 8.91. The van der Waals surface area contributed by atoms with Crippen molar-refractivity contribution in [3.8, 4) is 5.75 Å². The van der Waals surface area contributed by atoms with Crippen molar-refractivity contribution in [2.75, 3.05) is 6.61 Å². The van der Waals surface area contributed by atoms with Crippen molar-refractivity contribution in [1.29, 1.82) is 0 Å². The highest BCUT2D eigenvalue weighted by Gasteiger charge is 2.06. The Labute approximate surface area is 116 Å². The molecule has 0 atom stereocenters. The summed E-state index contributed by atoms with van der Waals surface area (Å²) in [4.78, 5) is 0. The molecule has 0 saturated carbocycles. The molecule has 0 aliphatic heterocycles. The molecule has 2 aromatic carbocycles. The van der Waals surface area contributed by atoms with Crippen molar-refractivity contribution >= 4 is 11.6 Å². The number of benzene rings is 2. The maximum Gasteiger partial charge on any atom is 0.148 e. The minimum absolute atomic E-state index is 0.0967. The molecule has 0 radical (unpaired) electrons. The SMILES string of the molecule is OCCc1ccc(OCc2cccc(Cl)c2F)cc1. The van der Waals surface area contributed by atoms with Gasteiger partial charge in [0, 0.05) is 12.2 Å². The van der Waals surface area contributed by atoms with E-state index in [4.69, 9.17) is 21.4 Å². The topological polar surface area (TPSA) is 29.5 Å². The second-order valence-corrected chi connectivity index (χ2v) is 4.53. The normalized spacial score (nSPS) is 10.5. The summed E-state index contributed by atoms with van der Waals surface area (Å²) < 4.78 is 19.1. The molecule has 2 aromatic rings. The Morgan fingerprint density at radius 2 is 1.84 bits per heavy atom. The second kappa shape index (κ2) is 6.55. The molecule has 0 aliphatic rings. The number of aliphatic hydroxyl groups excluding tert-OH is 1. The maximum atomic E-state index is 13.6. The van der Waals surface area contributed by atoms with Crippen LogP contribution in [0.3, 0.4) is 0 Å². The largest absolute Gasteiger partial charge is 0.489 e. The van der Waals surface area contributed by atoms with Crippen molar-refractivity contribution < 1.29 is 14.2 Å². The first kappa shape index (κ1) is 13.8. The number of rotatable bonds is 5. The lowest BCUT2D eigenvalue weighted by atomic mass is 10.1. The summed E-state index contributed by atoms with van der Waals surface area (Å²) in [5.74, 6) is 0.210. The van der Waals surface area contributed by atoms with Gasteiger partial charge in [-0.25, -0.2) is 4.39 Å². The number of halogens is 2. The van der Waals surface area contributed by atoms with E-state index in [1.54, 1.807) is 24.3 Å². The van der Waals surface area contributed by atoms with E-state index in [1.807, 2.05) is 12.1 Å². The molecule has 0 aromatic heterocycles. The third kappa shape index (κ3) is 3.69. The van der Waals surface area contributed by atoms with Gasteiger partial charge in [0.15, 0.2) is 0 Å². The van der Waals surface area contributed by atoms with Gasteiger partial charge in [-0.05, 0) is 30.2 Å². The van der Waals surface area contributed by atoms with Gasteiger partial charge in [-0.2, -0.15) is 0 Å². The molecule has 0 spiro atoms. The minimum Gasteiger partial charge on any atom is -0.489 e. The third-order valence-electron chi connectivity index (χ3n) is 2.75. The van der Waals surface area contributed by atoms with Crippen LogP contribution in [0, 0.1) is 5.82 Å². The fraction of sp³-hybridized carbons (Fsp3) is 0.200. The lowest BCUT2D eigenvalue weighted by Crippen LogP contribution is -1.99. The molecule has 100 valence electrons. The summed E-state index contributed by atoms with van der Waals surface area (Å²) in [5.41, 5.74) is 1.45. The molecular formula is C15H14ClFO2. The van der Waals surface area contributed by atoms with Gasteiger partial charge in [0.2, 0.25) is 0 Å². The second-order valence-electron chi connectivity index (χ2n) is 4.12. The number of ether oxygens (including phenoxy) is 1. The summed E-state index contributed by atoms with van der Waals surface area (Å²) in [6, 6.07) is 12.2. The number of hydrogen-bond donors (Lipinski definition) is 1. The van der Waals surface area contributed by atoms with E-state index in [0.29, 0.717) is 17.7 Å². The summed E-state index contributed by atoms with van der Waals surface area (Å²) in [7, 11) is 0. The number of aliphatic hydroxyl groups is 1. The monoisotopic (exact) mass is 280 g/mol. The van der Waals surface area contributed by atoms with Crippen LogP contribution in [0.15, 0.2) is 42.5 Å². The van der Waals surface area contributed by atoms with Gasteiger partial charge in [-0.15, -0.1) is 0 Å². The van der Waals surface area contributed by atoms with Gasteiger partial charge >= 0.3 is 0 Å². The zero-order valence-corrected chi connectivity index (χ0v) is 11.0. The van der Waals surface area contributed by atoms with Crippen LogP contribution in [0.25, 0.3) is 0 Å². The Bertz CT molecular complexity index is 540. The highest BCUT2D eigenvalue weighted by atomic mass is 35.5. The summed E-state index contributed by atoms with van der Waals surface area (Å²) >= 11 is 5.70. The van der Waals surface area contributed by atoms with E-state index in [1.165, 1.54) is 6.07 Å². The van der Waals surface area contributed by atoms with Gasteiger partial charge in [-0.3, -0.25) is 0 Å². The molecule has 4 heteroatoms. The van der Waals surface area contributed by atoms with Crippen LogP contribution in [-0.2, 0) is 13.0 Å². The van der Waals surface area contributed by atoms with E-state index in [-0.39, 0.29) is 18.2 Å². The van der Waals surface area contributed by atoms with Crippen LogP contribution in [0.2, 0.25) is 5.02 Å². The van der Waals surface area contributed by atoms with Crippen LogP contribution in [0.1, 0.15) is 11.1 Å². The van der Waals surface area contributed by atoms with Crippen LogP contribution in [0.4, 0.5) is 4.39 Å². The van der Waals surface area contributed by atoms with Gasteiger partial charge in [0.1, 0.15) is 18.2 Å². The molecule has 0 fully saturated rings. The van der Waals surface area contributed by atoms with Crippen molar-refractivity contribution in [2.45, 2.75) is 13.0 Å². The Morgan fingerprint density at radius 1 is 1.11 bits per heavy atom. The maximum absolute atomic E-state index is 13.6. The van der Waals surface area contributed by atoms with Crippen molar-refractivity contribution in [3.05, 3.63) is 64.4 Å². The summed E-state index contributed by atoms with van der Waals surface area (Å²) in [6.45, 7) is 0.250. The molecule has 0 aliphatic carbocycles. The van der Waals surface area contributed by atoms with E-state index in [9.17, 15) is 4.39 Å². The minimum atomic E-state index is -0.443. The van der Waals surface area contributed by atoms with Crippen LogP contribution in [-0.4, -0.2) is 11.7 Å². The number of hydrogen-bond acceptors (Lipinski definition) is 2. The highest BCUT2D eigenvalue weighted by Crippen LogP contribution is 2.20. The molecule has 0 heterocycles. The first-order valence-electron chi connectivity index (χ1n) is 5.96. The molecule has 0 saturated heterocycles. The fourth-order valence-electron chi connectivity index (χ4n) is 1.70. The van der Waals surface area contributed by atoms with E-state index in [2.05, 4.69) is 0 Å². The molecule has 1 N–H and O–H groups in total. The van der Waals surface area contributed by atoms with Crippen molar-refractivity contribution in [2.24, 2.45) is 0 Å². The quantitative estimate of drug-likeness (QED) is 0.907. The van der Waals surface area contributed by atoms with Gasteiger partial charge in [-0.1, -0.05) is 35.9 Å². The van der Waals surface area contributed by atoms with E-state index < -0.39 is 5.82 Å². The molecule has 2 nitrogen and oxygen atoms in total. The Balaban J connectivity index is 2.00. The zero-order chi connectivity index (χ0) is 13.7. The van der Waals surface area contributed by atoms with Crippen molar-refractivity contribution in [1.82, 2.24) is 0 Å². The fourth-order valence-corrected chi connectivity index (χ4v) is 1.90. The van der Waals surface area contributed by atoms with Crippen LogP contribution < -0.4 is 4.74 Å². The molecule has 0 amide bonds. The Hall–Kier alpha value is -1.58.